The number of para-hydroxylation sites is 1. The first-order valence-electron chi connectivity index (χ1n) is 9.90. The van der Waals surface area contributed by atoms with Crippen molar-refractivity contribution in [1.82, 2.24) is 18.8 Å². The number of carbonyl (C=O) groups is 2. The lowest BCUT2D eigenvalue weighted by atomic mass is 9.87. The third-order valence-electron chi connectivity index (χ3n) is 5.46. The van der Waals surface area contributed by atoms with Gasteiger partial charge in [-0.25, -0.2) is 14.4 Å². The lowest BCUT2D eigenvalue weighted by molar-refractivity contribution is -0.113. The smallest absolute Gasteiger partial charge is 0.268 e. The maximum atomic E-state index is 12.7. The molecule has 1 fully saturated rings. The minimum atomic E-state index is -3.94. The van der Waals surface area contributed by atoms with Crippen LogP contribution in [0.5, 0.6) is 0 Å². The number of benzene rings is 1. The highest BCUT2D eigenvalue weighted by Gasteiger charge is 2.34. The van der Waals surface area contributed by atoms with E-state index in [1.807, 2.05) is 11.6 Å². The van der Waals surface area contributed by atoms with E-state index in [0.717, 1.165) is 22.7 Å². The van der Waals surface area contributed by atoms with Crippen LogP contribution in [-0.2, 0) is 15.0 Å². The summed E-state index contributed by atoms with van der Waals surface area (Å²) in [7, 11) is -1.27. The summed E-state index contributed by atoms with van der Waals surface area (Å²) in [6.07, 6.45) is 7.12. The van der Waals surface area contributed by atoms with Crippen molar-refractivity contribution in [2.24, 2.45) is 16.8 Å². The number of nitrogens with zero attached hydrogens (tertiary/aromatic N) is 4. The maximum absolute atomic E-state index is 12.7. The summed E-state index contributed by atoms with van der Waals surface area (Å²) in [6, 6.07) is 6.56. The van der Waals surface area contributed by atoms with E-state index in [2.05, 4.69) is 10.1 Å². The summed E-state index contributed by atoms with van der Waals surface area (Å²) < 4.78 is 28.5. The largest absolute Gasteiger partial charge is 0.303 e. The van der Waals surface area contributed by atoms with Gasteiger partial charge < -0.3 is 0 Å². The van der Waals surface area contributed by atoms with E-state index < -0.39 is 16.1 Å². The maximum Gasteiger partial charge on any atom is 0.303 e. The first-order valence-corrected chi connectivity index (χ1v) is 11.3. The summed E-state index contributed by atoms with van der Waals surface area (Å²) in [5.74, 6) is -0.579. The topological polar surface area (TPSA) is 114 Å². The van der Waals surface area contributed by atoms with Gasteiger partial charge in [0, 0.05) is 37.8 Å². The van der Waals surface area contributed by atoms with Crippen LogP contribution in [0.4, 0.5) is 0 Å². The van der Waals surface area contributed by atoms with Crippen molar-refractivity contribution in [3.63, 3.8) is 0 Å². The second kappa shape index (κ2) is 7.86. The number of allylic oxidation sites excluding steroid dienone is 1. The molecule has 2 aliphatic rings. The Morgan fingerprint density at radius 3 is 2.61 bits per heavy atom. The van der Waals surface area contributed by atoms with E-state index >= 15 is 0 Å². The van der Waals surface area contributed by atoms with Crippen molar-refractivity contribution >= 4 is 27.7 Å². The number of amides is 2. The van der Waals surface area contributed by atoms with Gasteiger partial charge in [-0.1, -0.05) is 24.6 Å². The Balaban J connectivity index is 1.65. The highest BCUT2D eigenvalue weighted by atomic mass is 32.2. The van der Waals surface area contributed by atoms with Crippen LogP contribution in [0.2, 0.25) is 0 Å². The van der Waals surface area contributed by atoms with E-state index in [1.54, 1.807) is 36.7 Å². The fraction of sp³-hybridized carbons (Fsp3) is 0.333. The summed E-state index contributed by atoms with van der Waals surface area (Å²) in [4.78, 5) is 29.0. The second-order valence-electron chi connectivity index (χ2n) is 7.88. The van der Waals surface area contributed by atoms with Gasteiger partial charge in [0.25, 0.3) is 11.8 Å². The fourth-order valence-corrected chi connectivity index (χ4v) is 4.12. The lowest BCUT2D eigenvalue weighted by Crippen LogP contribution is -2.39. The van der Waals surface area contributed by atoms with Crippen molar-refractivity contribution in [3.8, 4) is 5.69 Å². The highest BCUT2D eigenvalue weighted by molar-refractivity contribution is 7.87. The molecular formula is C21H23N5O4S. The summed E-state index contributed by atoms with van der Waals surface area (Å²) in [5.41, 5.74) is 3.00. The number of hydrogen-bond donors (Lipinski definition) is 1. The Hall–Kier alpha value is -3.11. The zero-order valence-corrected chi connectivity index (χ0v) is 18.3. The molecule has 1 atom stereocenters. The van der Waals surface area contributed by atoms with E-state index in [9.17, 15) is 18.0 Å². The molecule has 2 heterocycles. The fourth-order valence-electron chi connectivity index (χ4n) is 3.59. The number of aliphatic imine (C=N–C) groups is 1. The molecule has 1 aliphatic heterocycles. The van der Waals surface area contributed by atoms with Crippen LogP contribution in [0.25, 0.3) is 5.69 Å². The molecule has 2 amide bonds. The van der Waals surface area contributed by atoms with E-state index in [-0.39, 0.29) is 17.4 Å². The third-order valence-corrected chi connectivity index (χ3v) is 6.86. The molecule has 162 valence electrons. The van der Waals surface area contributed by atoms with E-state index in [0.29, 0.717) is 22.9 Å². The molecule has 0 saturated heterocycles. The van der Waals surface area contributed by atoms with Crippen LogP contribution in [0.3, 0.4) is 0 Å². The van der Waals surface area contributed by atoms with Crippen molar-refractivity contribution in [2.45, 2.75) is 19.8 Å². The Morgan fingerprint density at radius 2 is 1.94 bits per heavy atom. The van der Waals surface area contributed by atoms with Crippen LogP contribution in [-0.4, -0.2) is 54.1 Å². The zero-order valence-electron chi connectivity index (χ0n) is 17.4. The number of carbonyl (C=O) groups excluding carboxylic acids is 2. The Kier molecular flexibility index (Phi) is 5.36. The van der Waals surface area contributed by atoms with Gasteiger partial charge in [-0.2, -0.15) is 17.8 Å². The summed E-state index contributed by atoms with van der Waals surface area (Å²) in [5, 5.41) is 4.35. The van der Waals surface area contributed by atoms with Gasteiger partial charge >= 0.3 is 10.2 Å². The molecule has 1 N–H and O–H groups in total. The van der Waals surface area contributed by atoms with Gasteiger partial charge in [0.15, 0.2) is 0 Å². The number of nitrogens with one attached hydrogen (secondary N) is 1. The predicted octanol–water partition coefficient (Wildman–Crippen LogP) is 1.71. The lowest BCUT2D eigenvalue weighted by Gasteiger charge is -2.20. The minimum Gasteiger partial charge on any atom is -0.268 e. The van der Waals surface area contributed by atoms with Gasteiger partial charge in [0.2, 0.25) is 0 Å². The standard InChI is InChI=1S/C21H23N5O4S/c1-13-17(14-8-9-14)10-19(27)23-20(13)15-11-22-26(12-15)18-7-5-4-6-16(18)21(28)24-31(29,30)25(2)3/h4-7,10-14H,8-9H2,1-3H3,(H,24,28). The minimum absolute atomic E-state index is 0.00614. The Bertz CT molecular complexity index is 1220. The van der Waals surface area contributed by atoms with Crippen molar-refractivity contribution in [2.75, 3.05) is 14.1 Å². The molecule has 1 unspecified atom stereocenters. The van der Waals surface area contributed by atoms with Crippen LogP contribution in [0.15, 0.2) is 53.3 Å². The SMILES string of the molecule is CC1C(C2CC2)=CC(=O)N=C1c1cnn(-c2ccccc2C(=O)NS(=O)(=O)N(C)C)c1. The Labute approximate surface area is 180 Å². The Morgan fingerprint density at radius 1 is 1.23 bits per heavy atom. The normalized spacial score (nSPS) is 19.2. The van der Waals surface area contributed by atoms with Crippen LogP contribution >= 0.6 is 0 Å². The first-order chi connectivity index (χ1) is 14.7. The van der Waals surface area contributed by atoms with Gasteiger partial charge in [-0.3, -0.25) is 9.59 Å². The molecule has 0 bridgehead atoms. The molecule has 31 heavy (non-hydrogen) atoms. The highest BCUT2D eigenvalue weighted by Crippen LogP contribution is 2.42. The number of rotatable bonds is 6. The molecule has 1 aromatic carbocycles. The van der Waals surface area contributed by atoms with Crippen LogP contribution in [0, 0.1) is 11.8 Å². The van der Waals surface area contributed by atoms with Crippen molar-refractivity contribution < 1.29 is 18.0 Å². The molecular weight excluding hydrogens is 418 g/mol. The molecule has 10 heteroatoms. The van der Waals surface area contributed by atoms with Crippen molar-refractivity contribution in [1.29, 1.82) is 0 Å². The molecule has 1 aromatic heterocycles. The molecule has 9 nitrogen and oxygen atoms in total. The van der Waals surface area contributed by atoms with Crippen LogP contribution < -0.4 is 4.72 Å². The van der Waals surface area contributed by atoms with Crippen molar-refractivity contribution in [3.05, 3.63) is 59.4 Å². The number of hydrogen-bond acceptors (Lipinski definition) is 5. The van der Waals surface area contributed by atoms with Crippen LogP contribution in [0.1, 0.15) is 35.7 Å². The van der Waals surface area contributed by atoms with Gasteiger partial charge in [-0.15, -0.1) is 0 Å². The molecule has 0 radical (unpaired) electrons. The van der Waals surface area contributed by atoms with E-state index in [1.165, 1.54) is 24.8 Å². The number of dihydropyridines is 1. The average Bonchev–Trinajstić information content (AvgIpc) is 3.45. The van der Waals surface area contributed by atoms with Gasteiger partial charge in [0.1, 0.15) is 0 Å². The van der Waals surface area contributed by atoms with Gasteiger partial charge in [-0.05, 0) is 30.9 Å². The molecule has 1 aliphatic carbocycles. The molecule has 0 spiro atoms. The van der Waals surface area contributed by atoms with E-state index in [4.69, 9.17) is 0 Å². The summed E-state index contributed by atoms with van der Waals surface area (Å²) >= 11 is 0. The molecule has 2 aromatic rings. The molecule has 4 rings (SSSR count). The first kappa shape index (κ1) is 21.1. The molecule has 1 saturated carbocycles. The average molecular weight is 442 g/mol. The second-order valence-corrected chi connectivity index (χ2v) is 9.77. The van der Waals surface area contributed by atoms with Gasteiger partial charge in [0.05, 0.1) is 23.2 Å². The summed E-state index contributed by atoms with van der Waals surface area (Å²) in [6.45, 7) is 2.03. The third kappa shape index (κ3) is 4.21. The monoisotopic (exact) mass is 441 g/mol. The number of aromatic nitrogens is 2. The quantitative estimate of drug-likeness (QED) is 0.733. The zero-order chi connectivity index (χ0) is 22.3. The predicted molar refractivity (Wildman–Crippen MR) is 115 cm³/mol.